The van der Waals surface area contributed by atoms with Crippen molar-refractivity contribution >= 4 is 33.5 Å². The quantitative estimate of drug-likeness (QED) is 0.463. The Balaban J connectivity index is 2.16. The van der Waals surface area contributed by atoms with Gasteiger partial charge in [-0.2, -0.15) is 13.4 Å². The third-order valence-corrected chi connectivity index (χ3v) is 5.00. The first-order valence-electron chi connectivity index (χ1n) is 8.79. The number of anilines is 3. The lowest BCUT2D eigenvalue weighted by Gasteiger charge is -2.19. The van der Waals surface area contributed by atoms with Crippen LogP contribution in [0.4, 0.5) is 17.5 Å². The second-order valence-electron chi connectivity index (χ2n) is 6.86. The fraction of sp³-hybridized carbons (Fsp3) is 0.389. The van der Waals surface area contributed by atoms with E-state index in [1.165, 1.54) is 6.20 Å². The number of carbonyl (C=O) groups excluding carboxylic acids is 1. The van der Waals surface area contributed by atoms with Crippen molar-refractivity contribution in [2.24, 2.45) is 11.7 Å². The lowest BCUT2D eigenvalue weighted by atomic mass is 10.1. The van der Waals surface area contributed by atoms with Gasteiger partial charge >= 0.3 is 0 Å². The minimum absolute atomic E-state index is 0.0722. The summed E-state index contributed by atoms with van der Waals surface area (Å²) in [5.41, 5.74) is 7.06. The summed E-state index contributed by atoms with van der Waals surface area (Å²) in [6.45, 7) is 6.08. The summed E-state index contributed by atoms with van der Waals surface area (Å²) in [5.74, 6) is 0.0151. The largest absolute Gasteiger partial charge is 0.367 e. The van der Waals surface area contributed by atoms with Crippen LogP contribution in [0.15, 0.2) is 30.5 Å². The molecule has 9 nitrogen and oxygen atoms in total. The minimum atomic E-state index is -3.99. The van der Waals surface area contributed by atoms with Gasteiger partial charge < -0.3 is 16.4 Å². The van der Waals surface area contributed by atoms with E-state index in [1.807, 2.05) is 20.8 Å². The van der Waals surface area contributed by atoms with Gasteiger partial charge in [-0.3, -0.25) is 9.35 Å². The van der Waals surface area contributed by atoms with Crippen LogP contribution < -0.4 is 16.4 Å². The van der Waals surface area contributed by atoms with Crippen molar-refractivity contribution in [1.29, 1.82) is 0 Å². The second-order valence-corrected chi connectivity index (χ2v) is 8.43. The molecule has 1 atom stereocenters. The third-order valence-electron chi connectivity index (χ3n) is 4.28. The highest BCUT2D eigenvalue weighted by molar-refractivity contribution is 7.85. The molecule has 0 saturated carbocycles. The highest BCUT2D eigenvalue weighted by atomic mass is 32.2. The number of aryl methyl sites for hydroxylation is 1. The van der Waals surface area contributed by atoms with Crippen LogP contribution in [-0.2, 0) is 16.5 Å². The molecule has 0 aliphatic rings. The average molecular weight is 407 g/mol. The predicted molar refractivity (Wildman–Crippen MR) is 108 cm³/mol. The molecular weight excluding hydrogens is 382 g/mol. The van der Waals surface area contributed by atoms with Crippen LogP contribution in [-0.4, -0.2) is 40.6 Å². The van der Waals surface area contributed by atoms with Crippen LogP contribution in [0, 0.1) is 5.92 Å². The lowest BCUT2D eigenvalue weighted by molar-refractivity contribution is 0.100. The summed E-state index contributed by atoms with van der Waals surface area (Å²) in [5, 5.41) is 6.22. The summed E-state index contributed by atoms with van der Waals surface area (Å²) in [6, 6.07) is 7.04. The second kappa shape index (κ2) is 8.98. The molecule has 0 aliphatic carbocycles. The first kappa shape index (κ1) is 21.6. The van der Waals surface area contributed by atoms with Crippen LogP contribution in [0.3, 0.4) is 0 Å². The third kappa shape index (κ3) is 6.46. The van der Waals surface area contributed by atoms with Gasteiger partial charge in [0.2, 0.25) is 5.95 Å². The van der Waals surface area contributed by atoms with Gasteiger partial charge in [-0.1, -0.05) is 26.0 Å². The van der Waals surface area contributed by atoms with Gasteiger partial charge in [0.1, 0.15) is 5.82 Å². The maximum Gasteiger partial charge on any atom is 0.265 e. The minimum Gasteiger partial charge on any atom is -0.367 e. The van der Waals surface area contributed by atoms with Crippen LogP contribution in [0.1, 0.15) is 36.7 Å². The zero-order chi connectivity index (χ0) is 20.9. The summed E-state index contributed by atoms with van der Waals surface area (Å²) < 4.78 is 30.5. The Bertz CT molecular complexity index is 929. The number of nitrogens with two attached hydrogens (primary N) is 1. The maximum absolute atomic E-state index is 11.6. The molecule has 1 aromatic carbocycles. The van der Waals surface area contributed by atoms with Crippen molar-refractivity contribution < 1.29 is 17.8 Å². The monoisotopic (exact) mass is 407 g/mol. The molecule has 152 valence electrons. The summed E-state index contributed by atoms with van der Waals surface area (Å²) in [6.07, 6.45) is 1.58. The fourth-order valence-electron chi connectivity index (χ4n) is 2.25. The molecule has 1 heterocycles. The van der Waals surface area contributed by atoms with E-state index < -0.39 is 16.0 Å². The number of hydrogen-bond donors (Lipinski definition) is 4. The molecule has 2 rings (SSSR count). The van der Waals surface area contributed by atoms with Crippen molar-refractivity contribution in [3.05, 3.63) is 41.6 Å². The van der Waals surface area contributed by atoms with Crippen molar-refractivity contribution in [3.63, 3.8) is 0 Å². The SMILES string of the molecule is CC(C)[C@@H](C)Nc1nc(Nc2ccc(CCS(=O)(=O)O)cc2)ncc1C(N)=O. The van der Waals surface area contributed by atoms with Crippen LogP contribution >= 0.6 is 0 Å². The highest BCUT2D eigenvalue weighted by Crippen LogP contribution is 2.20. The first-order valence-corrected chi connectivity index (χ1v) is 10.4. The molecule has 0 aliphatic heterocycles. The number of primary amides is 1. The molecule has 2 aromatic rings. The van der Waals surface area contributed by atoms with E-state index in [0.29, 0.717) is 17.4 Å². The van der Waals surface area contributed by atoms with Gasteiger partial charge in [-0.25, -0.2) is 4.98 Å². The molecule has 1 amide bonds. The standard InChI is InChI=1S/C18H25N5O4S/c1-11(2)12(3)21-17-15(16(19)24)10-20-18(23-17)22-14-6-4-13(5-7-14)8-9-28(25,26)27/h4-7,10-12H,8-9H2,1-3H3,(H2,19,24)(H,25,26,27)(H2,20,21,22,23)/t12-/m1/s1. The Morgan fingerprint density at radius 3 is 2.39 bits per heavy atom. The first-order chi connectivity index (χ1) is 13.0. The number of benzene rings is 1. The maximum atomic E-state index is 11.6. The van der Waals surface area contributed by atoms with E-state index in [2.05, 4.69) is 20.6 Å². The molecule has 0 bridgehead atoms. The molecule has 1 aromatic heterocycles. The predicted octanol–water partition coefficient (Wildman–Crippen LogP) is 2.21. The highest BCUT2D eigenvalue weighted by Gasteiger charge is 2.16. The zero-order valence-corrected chi connectivity index (χ0v) is 16.8. The smallest absolute Gasteiger partial charge is 0.265 e. The van der Waals surface area contributed by atoms with Gasteiger partial charge in [0.25, 0.3) is 16.0 Å². The van der Waals surface area contributed by atoms with Crippen LogP contribution in [0.25, 0.3) is 0 Å². The zero-order valence-electron chi connectivity index (χ0n) is 16.0. The molecule has 0 saturated heterocycles. The Kier molecular flexibility index (Phi) is 6.92. The molecule has 5 N–H and O–H groups in total. The number of carbonyl (C=O) groups is 1. The number of nitrogens with one attached hydrogen (secondary N) is 2. The van der Waals surface area contributed by atoms with E-state index in [1.54, 1.807) is 24.3 Å². The molecular formula is C18H25N5O4S. The average Bonchev–Trinajstić information content (AvgIpc) is 2.60. The topological polar surface area (TPSA) is 147 Å². The Morgan fingerprint density at radius 2 is 1.86 bits per heavy atom. The number of rotatable bonds is 9. The van der Waals surface area contributed by atoms with Crippen LogP contribution in [0.5, 0.6) is 0 Å². The molecule has 28 heavy (non-hydrogen) atoms. The molecule has 0 radical (unpaired) electrons. The van der Waals surface area contributed by atoms with E-state index in [4.69, 9.17) is 10.3 Å². The molecule has 0 fully saturated rings. The van der Waals surface area contributed by atoms with E-state index in [-0.39, 0.29) is 29.7 Å². The number of hydrogen-bond acceptors (Lipinski definition) is 7. The van der Waals surface area contributed by atoms with E-state index >= 15 is 0 Å². The van der Waals surface area contributed by atoms with Crippen molar-refractivity contribution in [2.75, 3.05) is 16.4 Å². The number of amides is 1. The van der Waals surface area contributed by atoms with Crippen molar-refractivity contribution in [3.8, 4) is 0 Å². The van der Waals surface area contributed by atoms with Crippen molar-refractivity contribution in [1.82, 2.24) is 9.97 Å². The lowest BCUT2D eigenvalue weighted by Crippen LogP contribution is -2.25. The van der Waals surface area contributed by atoms with Gasteiger partial charge in [0.15, 0.2) is 0 Å². The number of nitrogens with zero attached hydrogens (tertiary/aromatic N) is 2. The van der Waals surface area contributed by atoms with Gasteiger partial charge in [-0.15, -0.1) is 0 Å². The Labute approximate surface area is 164 Å². The van der Waals surface area contributed by atoms with Gasteiger partial charge in [0, 0.05) is 17.9 Å². The molecule has 0 unspecified atom stereocenters. The van der Waals surface area contributed by atoms with Crippen molar-refractivity contribution in [2.45, 2.75) is 33.2 Å². The Hall–Kier alpha value is -2.72. The van der Waals surface area contributed by atoms with E-state index in [0.717, 1.165) is 5.56 Å². The fourth-order valence-corrected chi connectivity index (χ4v) is 2.74. The normalized spacial score (nSPS) is 12.6. The molecule has 10 heteroatoms. The number of aromatic nitrogens is 2. The van der Waals surface area contributed by atoms with E-state index in [9.17, 15) is 13.2 Å². The molecule has 0 spiro atoms. The Morgan fingerprint density at radius 1 is 1.21 bits per heavy atom. The summed E-state index contributed by atoms with van der Waals surface area (Å²) in [4.78, 5) is 20.1. The summed E-state index contributed by atoms with van der Waals surface area (Å²) >= 11 is 0. The summed E-state index contributed by atoms with van der Waals surface area (Å²) in [7, 11) is -3.99. The van der Waals surface area contributed by atoms with Gasteiger partial charge in [0.05, 0.1) is 11.3 Å². The van der Waals surface area contributed by atoms with Crippen LogP contribution in [0.2, 0.25) is 0 Å². The van der Waals surface area contributed by atoms with Gasteiger partial charge in [-0.05, 0) is 37.0 Å².